The maximum absolute atomic E-state index is 10.8. The molecule has 0 bridgehead atoms. The van der Waals surface area contributed by atoms with Gasteiger partial charge in [0.25, 0.3) is 0 Å². The molecule has 41 heavy (non-hydrogen) atoms. The zero-order valence-electron chi connectivity index (χ0n) is 21.4. The lowest BCUT2D eigenvalue weighted by atomic mass is 10.2. The van der Waals surface area contributed by atoms with Gasteiger partial charge in [0.05, 0.1) is 14.7 Å². The van der Waals surface area contributed by atoms with Gasteiger partial charge < -0.3 is 28.2 Å². The van der Waals surface area contributed by atoms with E-state index in [-0.39, 0.29) is 62.9 Å². The highest BCUT2D eigenvalue weighted by molar-refractivity contribution is 7.89. The quantitative estimate of drug-likeness (QED) is 0.183. The van der Waals surface area contributed by atoms with Crippen molar-refractivity contribution in [1.82, 2.24) is 0 Å². The van der Waals surface area contributed by atoms with Crippen molar-refractivity contribution in [1.29, 1.82) is 0 Å². The van der Waals surface area contributed by atoms with Gasteiger partial charge in [0, 0.05) is 19.6 Å². The van der Waals surface area contributed by atoms with Gasteiger partial charge >= 0.3 is 0 Å². The Bertz CT molecular complexity index is 1270. The van der Waals surface area contributed by atoms with Crippen molar-refractivity contribution in [3.63, 3.8) is 0 Å². The molecule has 0 saturated carbocycles. The molecule has 0 aliphatic heterocycles. The number of hydrogen-bond donors (Lipinski definition) is 6. The molecule has 0 unspecified atom stereocenters. The third-order valence-electron chi connectivity index (χ3n) is 4.46. The number of halogens is 3. The van der Waals surface area contributed by atoms with Crippen LogP contribution in [0.3, 0.4) is 0 Å². The Balaban J connectivity index is -0.000000149. The van der Waals surface area contributed by atoms with E-state index in [2.05, 4.69) is 0 Å². The Labute approximate surface area is 258 Å². The summed E-state index contributed by atoms with van der Waals surface area (Å²) in [6.45, 7) is 1.18. The molecule has 3 rings (SSSR count). The molecule has 0 spiro atoms. The largest absolute Gasteiger partial charge is 0.412 e. The maximum Gasteiger partial charge on any atom is 0.238 e. The van der Waals surface area contributed by atoms with Crippen molar-refractivity contribution in [2.24, 2.45) is 32.6 Å². The molecule has 0 atom stereocenters. The van der Waals surface area contributed by atoms with E-state index >= 15 is 0 Å². The van der Waals surface area contributed by atoms with Crippen LogP contribution in [0.5, 0.6) is 0 Å². The molecule has 0 aliphatic carbocycles. The number of hydrogen-bond acceptors (Lipinski definition) is 9. The van der Waals surface area contributed by atoms with Gasteiger partial charge in [-0.25, -0.2) is 40.7 Å². The van der Waals surface area contributed by atoms with Crippen LogP contribution in [0.2, 0.25) is 0 Å². The van der Waals surface area contributed by atoms with Crippen LogP contribution in [0.4, 0.5) is 0 Å². The van der Waals surface area contributed by atoms with Crippen LogP contribution in [0.25, 0.3) is 0 Å². The normalized spacial score (nSPS) is 10.1. The molecule has 14 nitrogen and oxygen atoms in total. The number of sulfonamides is 3. The smallest absolute Gasteiger partial charge is 0.238 e. The van der Waals surface area contributed by atoms with E-state index in [1.54, 1.807) is 36.4 Å². The van der Waals surface area contributed by atoms with E-state index in [1.165, 1.54) is 36.4 Å². The first-order valence-electron chi connectivity index (χ1n) is 10.1. The van der Waals surface area contributed by atoms with Crippen molar-refractivity contribution >= 4 is 67.3 Å². The molecule has 238 valence electrons. The second-order valence-electron chi connectivity index (χ2n) is 7.18. The molecular formula is C21H37Cl3N6O8S3. The van der Waals surface area contributed by atoms with Gasteiger partial charge in [-0.3, -0.25) is 0 Å². The second-order valence-corrected chi connectivity index (χ2v) is 11.9. The molecule has 0 amide bonds. The summed E-state index contributed by atoms with van der Waals surface area (Å²) in [5, 5.41) is 14.7. The average molecular weight is 704 g/mol. The summed E-state index contributed by atoms with van der Waals surface area (Å²) in [5.41, 5.74) is 18.6. The van der Waals surface area contributed by atoms with E-state index in [0.29, 0.717) is 19.6 Å². The molecule has 0 aliphatic rings. The van der Waals surface area contributed by atoms with Crippen LogP contribution in [-0.2, 0) is 49.7 Å². The minimum absolute atomic E-state index is 0. The number of benzene rings is 3. The van der Waals surface area contributed by atoms with Gasteiger partial charge in [0.1, 0.15) is 0 Å². The van der Waals surface area contributed by atoms with E-state index < -0.39 is 30.1 Å². The second kappa shape index (κ2) is 21.7. The molecular weight excluding hydrogens is 667 g/mol. The van der Waals surface area contributed by atoms with Gasteiger partial charge in [0.15, 0.2) is 0 Å². The van der Waals surface area contributed by atoms with E-state index in [4.69, 9.17) is 32.6 Å². The summed E-state index contributed by atoms with van der Waals surface area (Å²) in [6.07, 6.45) is 0. The Morgan fingerprint density at radius 2 is 0.537 bits per heavy atom. The summed E-state index contributed by atoms with van der Waals surface area (Å²) in [6, 6.07) is 18.5. The molecule has 3 aromatic carbocycles. The monoisotopic (exact) mass is 702 g/mol. The molecule has 0 aromatic heterocycles. The highest BCUT2D eigenvalue weighted by atomic mass is 35.5. The maximum atomic E-state index is 10.8. The summed E-state index contributed by atoms with van der Waals surface area (Å²) in [7, 11) is -10.7. The first-order valence-corrected chi connectivity index (χ1v) is 14.7. The van der Waals surface area contributed by atoms with Crippen LogP contribution in [-0.4, -0.2) is 36.2 Å². The Kier molecular flexibility index (Phi) is 25.8. The van der Waals surface area contributed by atoms with Crippen molar-refractivity contribution in [3.05, 3.63) is 89.5 Å². The van der Waals surface area contributed by atoms with Crippen LogP contribution < -0.4 is 32.6 Å². The fraction of sp³-hybridized carbons (Fsp3) is 0.143. The fourth-order valence-electron chi connectivity index (χ4n) is 2.45. The molecule has 0 fully saturated rings. The Morgan fingerprint density at radius 1 is 0.390 bits per heavy atom. The van der Waals surface area contributed by atoms with Crippen LogP contribution >= 0.6 is 37.2 Å². The highest BCUT2D eigenvalue weighted by Gasteiger charge is 2.07. The molecule has 0 heterocycles. The standard InChI is InChI=1S/3C7H10N2O2S.3ClH.2H2O/c3*8-5-6-1-3-7(4-2-6)12(9,10)11;;;;;/h3*1-4H,5,8H2,(H2,9,10,11);3*1H;2*1H2. The lowest BCUT2D eigenvalue weighted by Crippen LogP contribution is -2.12. The van der Waals surface area contributed by atoms with Gasteiger partial charge in [-0.15, -0.1) is 37.2 Å². The number of nitrogens with two attached hydrogens (primary N) is 6. The highest BCUT2D eigenvalue weighted by Crippen LogP contribution is 2.09. The fourth-order valence-corrected chi connectivity index (χ4v) is 3.99. The van der Waals surface area contributed by atoms with Crippen molar-refractivity contribution in [2.75, 3.05) is 0 Å². The summed E-state index contributed by atoms with van der Waals surface area (Å²) >= 11 is 0. The predicted molar refractivity (Wildman–Crippen MR) is 166 cm³/mol. The minimum Gasteiger partial charge on any atom is -0.412 e. The minimum atomic E-state index is -3.57. The van der Waals surface area contributed by atoms with Gasteiger partial charge in [-0.1, -0.05) is 36.4 Å². The summed E-state index contributed by atoms with van der Waals surface area (Å²) in [4.78, 5) is 0.333. The van der Waals surface area contributed by atoms with E-state index in [9.17, 15) is 25.3 Å². The molecule has 0 saturated heterocycles. The third kappa shape index (κ3) is 18.3. The lowest BCUT2D eigenvalue weighted by molar-refractivity contribution is 0.596. The average Bonchev–Trinajstić information content (AvgIpc) is 2.83. The van der Waals surface area contributed by atoms with E-state index in [0.717, 1.165) is 16.7 Å². The molecule has 16 N–H and O–H groups in total. The third-order valence-corrected chi connectivity index (χ3v) is 7.25. The van der Waals surface area contributed by atoms with Crippen LogP contribution in [0, 0.1) is 0 Å². The SMILES string of the molecule is Cl.Cl.Cl.NCc1ccc(S(N)(=O)=O)cc1.NCc1ccc(S(N)(=O)=O)cc1.NCc1ccc(S(N)(=O)=O)cc1.O.O. The van der Waals surface area contributed by atoms with Crippen molar-refractivity contribution in [2.45, 2.75) is 34.3 Å². The van der Waals surface area contributed by atoms with Crippen LogP contribution in [0.15, 0.2) is 87.5 Å². The zero-order valence-corrected chi connectivity index (χ0v) is 26.3. The van der Waals surface area contributed by atoms with E-state index in [1.807, 2.05) is 0 Å². The van der Waals surface area contributed by atoms with Crippen molar-refractivity contribution < 1.29 is 36.2 Å². The lowest BCUT2D eigenvalue weighted by Gasteiger charge is -1.98. The zero-order chi connectivity index (χ0) is 27.6. The summed E-state index contributed by atoms with van der Waals surface area (Å²) < 4.78 is 64.7. The first kappa shape index (κ1) is 48.8. The molecule has 0 radical (unpaired) electrons. The van der Waals surface area contributed by atoms with Crippen molar-refractivity contribution in [3.8, 4) is 0 Å². The van der Waals surface area contributed by atoms with Gasteiger partial charge in [-0.05, 0) is 53.1 Å². The molecule has 3 aromatic rings. The van der Waals surface area contributed by atoms with Gasteiger partial charge in [0.2, 0.25) is 30.1 Å². The summed E-state index contributed by atoms with van der Waals surface area (Å²) in [5.74, 6) is 0. The first-order chi connectivity index (χ1) is 16.6. The Morgan fingerprint density at radius 3 is 0.634 bits per heavy atom. The van der Waals surface area contributed by atoms with Gasteiger partial charge in [-0.2, -0.15) is 0 Å². The predicted octanol–water partition coefficient (Wildman–Crippen LogP) is -1.01. The number of primary sulfonamides is 3. The number of rotatable bonds is 6. The van der Waals surface area contributed by atoms with Crippen LogP contribution in [0.1, 0.15) is 16.7 Å². The molecule has 20 heteroatoms. The topological polar surface area (TPSA) is 322 Å². The Hall–Kier alpha value is -1.94.